The second kappa shape index (κ2) is 7.78. The molecule has 1 aromatic carbocycles. The first-order valence-corrected chi connectivity index (χ1v) is 7.31. The van der Waals surface area contributed by atoms with Gasteiger partial charge in [0.25, 0.3) is 0 Å². The average Bonchev–Trinajstić information content (AvgIpc) is 2.38. The Morgan fingerprint density at radius 2 is 2.00 bits per heavy atom. The van der Waals surface area contributed by atoms with Gasteiger partial charge in [-0.25, -0.2) is 0 Å². The van der Waals surface area contributed by atoms with Crippen molar-refractivity contribution in [2.24, 2.45) is 11.7 Å². The van der Waals surface area contributed by atoms with Gasteiger partial charge >= 0.3 is 0 Å². The maximum atomic E-state index is 12.2. The Morgan fingerprint density at radius 3 is 2.57 bits per heavy atom. The van der Waals surface area contributed by atoms with Crippen molar-refractivity contribution in [3.8, 4) is 0 Å². The van der Waals surface area contributed by atoms with Gasteiger partial charge in [0.05, 0.1) is 6.54 Å². The molecule has 0 saturated carbocycles. The first-order valence-electron chi connectivity index (χ1n) is 7.31. The molecule has 1 heterocycles. The minimum atomic E-state index is 0. The molecule has 0 aliphatic carbocycles. The van der Waals surface area contributed by atoms with Gasteiger partial charge in [0.2, 0.25) is 5.91 Å². The van der Waals surface area contributed by atoms with Crippen LogP contribution in [0.15, 0.2) is 18.2 Å². The quantitative estimate of drug-likeness (QED) is 0.901. The van der Waals surface area contributed by atoms with Gasteiger partial charge in [-0.2, -0.15) is 0 Å². The number of carbonyl (C=O) groups is 1. The Hall–Kier alpha value is -1.10. The van der Waals surface area contributed by atoms with Crippen LogP contribution in [0.2, 0.25) is 0 Å². The Labute approximate surface area is 133 Å². The lowest BCUT2D eigenvalue weighted by Gasteiger charge is -2.34. The molecule has 2 rings (SSSR count). The van der Waals surface area contributed by atoms with Crippen molar-refractivity contribution in [2.45, 2.75) is 33.2 Å². The number of benzene rings is 1. The van der Waals surface area contributed by atoms with E-state index in [-0.39, 0.29) is 24.4 Å². The van der Waals surface area contributed by atoms with E-state index in [1.54, 1.807) is 0 Å². The zero-order valence-corrected chi connectivity index (χ0v) is 13.9. The number of para-hydroxylation sites is 1. The number of aryl methyl sites for hydroxylation is 2. The molecule has 1 aromatic rings. The van der Waals surface area contributed by atoms with Crippen molar-refractivity contribution in [1.29, 1.82) is 0 Å². The number of nitrogens with zero attached hydrogens (tertiary/aromatic N) is 1. The highest BCUT2D eigenvalue weighted by molar-refractivity contribution is 5.93. The molecule has 5 heteroatoms. The van der Waals surface area contributed by atoms with Crippen LogP contribution in [0.25, 0.3) is 0 Å². The number of nitrogens with one attached hydrogen (secondary N) is 1. The zero-order chi connectivity index (χ0) is 14.7. The van der Waals surface area contributed by atoms with Crippen LogP contribution in [0, 0.1) is 19.8 Å². The summed E-state index contributed by atoms with van der Waals surface area (Å²) >= 11 is 0. The van der Waals surface area contributed by atoms with E-state index >= 15 is 0 Å². The maximum absolute atomic E-state index is 12.2. The van der Waals surface area contributed by atoms with Gasteiger partial charge in [-0.05, 0) is 37.3 Å². The summed E-state index contributed by atoms with van der Waals surface area (Å²) in [5.74, 6) is 0.516. The summed E-state index contributed by atoms with van der Waals surface area (Å²) < 4.78 is 0. The number of hydrogen-bond acceptors (Lipinski definition) is 3. The largest absolute Gasteiger partial charge is 0.327 e. The van der Waals surface area contributed by atoms with E-state index in [1.165, 1.54) is 0 Å². The minimum absolute atomic E-state index is 0. The van der Waals surface area contributed by atoms with Crippen molar-refractivity contribution < 1.29 is 4.79 Å². The molecule has 4 nitrogen and oxygen atoms in total. The molecular weight excluding hydrogens is 286 g/mol. The van der Waals surface area contributed by atoms with E-state index < -0.39 is 0 Å². The summed E-state index contributed by atoms with van der Waals surface area (Å²) in [6.07, 6.45) is 0.970. The minimum Gasteiger partial charge on any atom is -0.327 e. The summed E-state index contributed by atoms with van der Waals surface area (Å²) in [7, 11) is 0. The third-order valence-electron chi connectivity index (χ3n) is 4.17. The molecule has 1 aliphatic heterocycles. The molecule has 0 aromatic heterocycles. The fraction of sp³-hybridized carbons (Fsp3) is 0.562. The molecule has 1 amide bonds. The zero-order valence-electron chi connectivity index (χ0n) is 13.1. The lowest BCUT2D eigenvalue weighted by atomic mass is 9.95. The summed E-state index contributed by atoms with van der Waals surface area (Å²) in [6.45, 7) is 8.45. The maximum Gasteiger partial charge on any atom is 0.238 e. The van der Waals surface area contributed by atoms with Crippen LogP contribution in [-0.4, -0.2) is 36.5 Å². The van der Waals surface area contributed by atoms with E-state index in [9.17, 15) is 4.79 Å². The van der Waals surface area contributed by atoms with Gasteiger partial charge in [0, 0.05) is 24.8 Å². The number of hydrogen-bond donors (Lipinski definition) is 2. The van der Waals surface area contributed by atoms with E-state index in [0.29, 0.717) is 12.5 Å². The molecule has 2 unspecified atom stereocenters. The Kier molecular flexibility index (Phi) is 6.65. The third-order valence-corrected chi connectivity index (χ3v) is 4.17. The molecule has 1 saturated heterocycles. The summed E-state index contributed by atoms with van der Waals surface area (Å²) in [4.78, 5) is 14.4. The molecular formula is C16H26ClN3O. The average molecular weight is 312 g/mol. The van der Waals surface area contributed by atoms with Crippen molar-refractivity contribution in [3.05, 3.63) is 29.3 Å². The fourth-order valence-corrected chi connectivity index (χ4v) is 2.79. The van der Waals surface area contributed by atoms with E-state index in [4.69, 9.17) is 5.73 Å². The van der Waals surface area contributed by atoms with Gasteiger partial charge < -0.3 is 11.1 Å². The number of anilines is 1. The first-order chi connectivity index (χ1) is 9.47. The third kappa shape index (κ3) is 4.70. The summed E-state index contributed by atoms with van der Waals surface area (Å²) in [5.41, 5.74) is 9.16. The van der Waals surface area contributed by atoms with Crippen LogP contribution < -0.4 is 11.1 Å². The molecule has 1 fully saturated rings. The predicted octanol–water partition coefficient (Wildman–Crippen LogP) is 2.33. The van der Waals surface area contributed by atoms with Crippen LogP contribution in [0.3, 0.4) is 0 Å². The van der Waals surface area contributed by atoms with E-state index in [2.05, 4.69) is 17.1 Å². The second-order valence-electron chi connectivity index (χ2n) is 5.98. The smallest absolute Gasteiger partial charge is 0.238 e. The second-order valence-corrected chi connectivity index (χ2v) is 5.98. The highest BCUT2D eigenvalue weighted by Gasteiger charge is 2.24. The number of carbonyl (C=O) groups excluding carboxylic acids is 1. The molecule has 0 bridgehead atoms. The molecule has 0 radical (unpaired) electrons. The lowest BCUT2D eigenvalue weighted by Crippen LogP contribution is -2.48. The molecule has 21 heavy (non-hydrogen) atoms. The molecule has 3 N–H and O–H groups in total. The highest BCUT2D eigenvalue weighted by atomic mass is 35.5. The van der Waals surface area contributed by atoms with Gasteiger partial charge in [0.15, 0.2) is 0 Å². The standard InChI is InChI=1S/C16H25N3O.ClH/c1-11-5-4-6-12(2)16(11)18-15(20)10-19-8-7-14(17)13(3)9-19;/h4-6,13-14H,7-10,17H2,1-3H3,(H,18,20);1H. The number of rotatable bonds is 3. The Morgan fingerprint density at radius 1 is 1.38 bits per heavy atom. The molecule has 118 valence electrons. The van der Waals surface area contributed by atoms with Crippen molar-refractivity contribution in [1.82, 2.24) is 4.90 Å². The van der Waals surface area contributed by atoms with Crippen LogP contribution in [-0.2, 0) is 4.79 Å². The molecule has 0 spiro atoms. The van der Waals surface area contributed by atoms with Crippen LogP contribution in [0.5, 0.6) is 0 Å². The van der Waals surface area contributed by atoms with Gasteiger partial charge in [-0.3, -0.25) is 9.69 Å². The van der Waals surface area contributed by atoms with Crippen LogP contribution >= 0.6 is 12.4 Å². The predicted molar refractivity (Wildman–Crippen MR) is 90.0 cm³/mol. The monoisotopic (exact) mass is 311 g/mol. The number of likely N-dealkylation sites (tertiary alicyclic amines) is 1. The van der Waals surface area contributed by atoms with Crippen LogP contribution in [0.4, 0.5) is 5.69 Å². The lowest BCUT2D eigenvalue weighted by molar-refractivity contribution is -0.117. The SMILES string of the molecule is Cc1cccc(C)c1NC(=O)CN1CCC(N)C(C)C1.Cl. The number of nitrogens with two attached hydrogens (primary N) is 1. The summed E-state index contributed by atoms with van der Waals surface area (Å²) in [5, 5.41) is 3.04. The molecule has 1 aliphatic rings. The Balaban J connectivity index is 0.00000220. The summed E-state index contributed by atoms with van der Waals surface area (Å²) in [6, 6.07) is 6.32. The van der Waals surface area contributed by atoms with E-state index in [0.717, 1.165) is 36.3 Å². The topological polar surface area (TPSA) is 58.4 Å². The van der Waals surface area contributed by atoms with Gasteiger partial charge in [-0.1, -0.05) is 25.1 Å². The van der Waals surface area contributed by atoms with Crippen molar-refractivity contribution in [2.75, 3.05) is 25.0 Å². The van der Waals surface area contributed by atoms with Crippen molar-refractivity contribution >= 4 is 24.0 Å². The van der Waals surface area contributed by atoms with Gasteiger partial charge in [-0.15, -0.1) is 12.4 Å². The van der Waals surface area contributed by atoms with Gasteiger partial charge in [0.1, 0.15) is 0 Å². The number of amides is 1. The number of piperidine rings is 1. The number of halogens is 1. The first kappa shape index (κ1) is 18.0. The van der Waals surface area contributed by atoms with Crippen LogP contribution in [0.1, 0.15) is 24.5 Å². The van der Waals surface area contributed by atoms with Crippen molar-refractivity contribution in [3.63, 3.8) is 0 Å². The van der Waals surface area contributed by atoms with E-state index in [1.807, 2.05) is 32.0 Å². The molecule has 2 atom stereocenters. The normalized spacial score (nSPS) is 22.5. The Bertz CT molecular complexity index is 472. The fourth-order valence-electron chi connectivity index (χ4n) is 2.79. The highest BCUT2D eigenvalue weighted by Crippen LogP contribution is 2.20.